The van der Waals surface area contributed by atoms with Gasteiger partial charge in [0.2, 0.25) is 0 Å². The number of rotatable bonds is 10. The van der Waals surface area contributed by atoms with Gasteiger partial charge in [0.1, 0.15) is 11.5 Å². The number of halogens is 1. The van der Waals surface area contributed by atoms with Crippen molar-refractivity contribution in [3.63, 3.8) is 0 Å². The van der Waals surface area contributed by atoms with Gasteiger partial charge in [-0.1, -0.05) is 30.3 Å². The van der Waals surface area contributed by atoms with E-state index in [0.717, 1.165) is 34.1 Å². The van der Waals surface area contributed by atoms with Gasteiger partial charge in [0.25, 0.3) is 0 Å². The van der Waals surface area contributed by atoms with Crippen molar-refractivity contribution in [2.24, 2.45) is 0 Å². The summed E-state index contributed by atoms with van der Waals surface area (Å²) in [5.41, 5.74) is 3.23. The molecule has 0 amide bonds. The minimum atomic E-state index is 0.163. The largest absolute Gasteiger partial charge is 0.467 e. The number of ether oxygens (including phenoxy) is 4. The second-order valence-corrected chi connectivity index (χ2v) is 6.15. The summed E-state index contributed by atoms with van der Waals surface area (Å²) in [4.78, 5) is 0. The van der Waals surface area contributed by atoms with Gasteiger partial charge in [-0.25, -0.2) is 0 Å². The first-order chi connectivity index (χ1) is 12.2. The van der Waals surface area contributed by atoms with Gasteiger partial charge in [0.15, 0.2) is 13.6 Å². The summed E-state index contributed by atoms with van der Waals surface area (Å²) in [6.07, 6.45) is 0.814. The predicted octanol–water partition coefficient (Wildman–Crippen LogP) is 3.84. The first-order valence-electron chi connectivity index (χ1n) is 8.01. The maximum Gasteiger partial charge on any atom is 0.188 e. The zero-order chi connectivity index (χ0) is 18.1. The van der Waals surface area contributed by atoms with Crippen LogP contribution in [0.2, 0.25) is 0 Å². The SMILES string of the molecule is CNCCc1c(Br)c(OCOC)cc(OCOC)c1-c1ccccc1. The number of likely N-dealkylation sites (N-methyl/N-ethyl adjacent to an activating group) is 1. The van der Waals surface area contributed by atoms with E-state index in [4.69, 9.17) is 18.9 Å². The maximum atomic E-state index is 5.85. The van der Waals surface area contributed by atoms with Crippen LogP contribution in [0.4, 0.5) is 0 Å². The van der Waals surface area contributed by atoms with E-state index in [1.54, 1.807) is 14.2 Å². The van der Waals surface area contributed by atoms with Gasteiger partial charge in [0, 0.05) is 25.8 Å². The molecule has 0 heterocycles. The number of hydrogen-bond acceptors (Lipinski definition) is 5. The molecule has 0 spiro atoms. The van der Waals surface area contributed by atoms with E-state index in [1.807, 2.05) is 31.3 Å². The van der Waals surface area contributed by atoms with Gasteiger partial charge in [-0.05, 0) is 47.1 Å². The average Bonchev–Trinajstić information content (AvgIpc) is 2.65. The topological polar surface area (TPSA) is 49.0 Å². The minimum absolute atomic E-state index is 0.163. The van der Waals surface area contributed by atoms with Crippen LogP contribution >= 0.6 is 15.9 Å². The van der Waals surface area contributed by atoms with Gasteiger partial charge < -0.3 is 24.3 Å². The Hall–Kier alpha value is -1.60. The van der Waals surface area contributed by atoms with Crippen LogP contribution in [0.15, 0.2) is 40.9 Å². The molecule has 1 N–H and O–H groups in total. The quantitative estimate of drug-likeness (QED) is 0.604. The molecule has 2 aromatic rings. The molecule has 0 saturated carbocycles. The second-order valence-electron chi connectivity index (χ2n) is 5.36. The number of nitrogens with one attached hydrogen (secondary N) is 1. The molecule has 0 bridgehead atoms. The molecular formula is C19H24BrNO4. The highest BCUT2D eigenvalue weighted by Crippen LogP contribution is 2.43. The van der Waals surface area contributed by atoms with Crippen molar-refractivity contribution in [1.29, 1.82) is 0 Å². The summed E-state index contributed by atoms with van der Waals surface area (Å²) < 4.78 is 22.6. The van der Waals surface area contributed by atoms with Gasteiger partial charge in [-0.3, -0.25) is 0 Å². The fourth-order valence-corrected chi connectivity index (χ4v) is 3.16. The molecule has 0 saturated heterocycles. The van der Waals surface area contributed by atoms with Crippen molar-refractivity contribution in [2.45, 2.75) is 6.42 Å². The molecule has 25 heavy (non-hydrogen) atoms. The van der Waals surface area contributed by atoms with Gasteiger partial charge in [-0.2, -0.15) is 0 Å². The number of hydrogen-bond donors (Lipinski definition) is 1. The monoisotopic (exact) mass is 409 g/mol. The van der Waals surface area contributed by atoms with E-state index in [0.29, 0.717) is 11.5 Å². The zero-order valence-corrected chi connectivity index (χ0v) is 16.4. The van der Waals surface area contributed by atoms with Crippen LogP contribution in [-0.2, 0) is 15.9 Å². The second kappa shape index (κ2) is 10.4. The van der Waals surface area contributed by atoms with Crippen LogP contribution in [0.5, 0.6) is 11.5 Å². The Kier molecular flexibility index (Phi) is 8.21. The fourth-order valence-electron chi connectivity index (χ4n) is 2.53. The molecule has 0 aliphatic heterocycles. The van der Waals surface area contributed by atoms with Crippen molar-refractivity contribution in [1.82, 2.24) is 5.32 Å². The van der Waals surface area contributed by atoms with Crippen molar-refractivity contribution in [3.05, 3.63) is 46.4 Å². The third kappa shape index (κ3) is 5.19. The molecule has 6 heteroatoms. The molecule has 0 aliphatic carbocycles. The summed E-state index contributed by atoms with van der Waals surface area (Å²) in [6.45, 7) is 1.16. The molecule has 0 atom stereocenters. The first-order valence-corrected chi connectivity index (χ1v) is 8.81. The lowest BCUT2D eigenvalue weighted by Crippen LogP contribution is -2.13. The summed E-state index contributed by atoms with van der Waals surface area (Å²) >= 11 is 3.70. The molecule has 2 rings (SSSR count). The lowest BCUT2D eigenvalue weighted by atomic mass is 9.96. The average molecular weight is 410 g/mol. The normalized spacial score (nSPS) is 10.7. The van der Waals surface area contributed by atoms with E-state index in [1.165, 1.54) is 0 Å². The van der Waals surface area contributed by atoms with Crippen LogP contribution in [-0.4, -0.2) is 41.4 Å². The zero-order valence-electron chi connectivity index (χ0n) is 14.8. The molecule has 5 nitrogen and oxygen atoms in total. The van der Waals surface area contributed by atoms with Crippen molar-refractivity contribution >= 4 is 15.9 Å². The molecule has 0 aliphatic rings. The van der Waals surface area contributed by atoms with E-state index >= 15 is 0 Å². The summed E-state index contributed by atoms with van der Waals surface area (Å²) in [5.74, 6) is 1.40. The highest BCUT2D eigenvalue weighted by atomic mass is 79.9. The fraction of sp³-hybridized carbons (Fsp3) is 0.368. The third-order valence-corrected chi connectivity index (χ3v) is 4.51. The number of methoxy groups -OCH3 is 2. The Morgan fingerprint density at radius 2 is 1.60 bits per heavy atom. The molecule has 0 aromatic heterocycles. The molecule has 2 aromatic carbocycles. The molecule has 0 radical (unpaired) electrons. The third-order valence-electron chi connectivity index (χ3n) is 3.64. The highest BCUT2D eigenvalue weighted by Gasteiger charge is 2.20. The van der Waals surface area contributed by atoms with Crippen LogP contribution in [0, 0.1) is 0 Å². The van der Waals surface area contributed by atoms with Crippen LogP contribution in [0.25, 0.3) is 11.1 Å². The Morgan fingerprint density at radius 1 is 0.960 bits per heavy atom. The molecular weight excluding hydrogens is 386 g/mol. The Balaban J connectivity index is 2.59. The highest BCUT2D eigenvalue weighted by molar-refractivity contribution is 9.10. The van der Waals surface area contributed by atoms with E-state index in [2.05, 4.69) is 33.4 Å². The Morgan fingerprint density at radius 3 is 2.20 bits per heavy atom. The summed E-state index contributed by atoms with van der Waals surface area (Å²) in [5, 5.41) is 3.20. The standard InChI is InChI=1S/C19H24BrNO4/c1-21-10-9-15-18(14-7-5-4-6-8-14)16(24-12-22-2)11-17(19(15)20)25-13-23-3/h4-8,11,21H,9-10,12-13H2,1-3H3. The minimum Gasteiger partial charge on any atom is -0.467 e. The molecule has 0 fully saturated rings. The van der Waals surface area contributed by atoms with E-state index in [9.17, 15) is 0 Å². The predicted molar refractivity (Wildman–Crippen MR) is 102 cm³/mol. The molecule has 136 valence electrons. The summed E-state index contributed by atoms with van der Waals surface area (Å²) in [7, 11) is 5.13. The summed E-state index contributed by atoms with van der Waals surface area (Å²) in [6, 6.07) is 12.0. The lowest BCUT2D eigenvalue weighted by Gasteiger charge is -2.20. The van der Waals surface area contributed by atoms with Crippen LogP contribution in [0.1, 0.15) is 5.56 Å². The van der Waals surface area contributed by atoms with E-state index < -0.39 is 0 Å². The van der Waals surface area contributed by atoms with Crippen LogP contribution in [0.3, 0.4) is 0 Å². The smallest absolute Gasteiger partial charge is 0.188 e. The number of benzene rings is 2. The van der Waals surface area contributed by atoms with Crippen molar-refractivity contribution in [2.75, 3.05) is 41.4 Å². The van der Waals surface area contributed by atoms with Gasteiger partial charge in [0.05, 0.1) is 4.47 Å². The maximum absolute atomic E-state index is 5.85. The Bertz CT molecular complexity index is 664. The lowest BCUT2D eigenvalue weighted by molar-refractivity contribution is 0.0458. The van der Waals surface area contributed by atoms with Gasteiger partial charge in [-0.15, -0.1) is 0 Å². The molecule has 0 unspecified atom stereocenters. The van der Waals surface area contributed by atoms with Crippen LogP contribution < -0.4 is 14.8 Å². The van der Waals surface area contributed by atoms with E-state index in [-0.39, 0.29) is 13.6 Å². The van der Waals surface area contributed by atoms with Crippen molar-refractivity contribution in [3.8, 4) is 22.6 Å². The Labute approximate surface area is 157 Å². The first kappa shape index (κ1) is 19.7. The van der Waals surface area contributed by atoms with Gasteiger partial charge >= 0.3 is 0 Å². The van der Waals surface area contributed by atoms with Crippen molar-refractivity contribution < 1.29 is 18.9 Å².